The molecular formula is C13H15BrF3NO2. The number of hydrogen-bond acceptors (Lipinski definition) is 2. The molecule has 0 aliphatic rings. The molecule has 1 amide bonds. The summed E-state index contributed by atoms with van der Waals surface area (Å²) >= 11 is 3.17. The highest BCUT2D eigenvalue weighted by Gasteiger charge is 2.44. The van der Waals surface area contributed by atoms with E-state index < -0.39 is 18.1 Å². The van der Waals surface area contributed by atoms with Gasteiger partial charge in [0, 0.05) is 18.6 Å². The van der Waals surface area contributed by atoms with Crippen LogP contribution in [0.1, 0.15) is 18.0 Å². The molecule has 0 spiro atoms. The molecule has 1 unspecified atom stereocenters. The number of rotatable bonds is 5. The first kappa shape index (κ1) is 17.0. The minimum atomic E-state index is -4.54. The molecule has 0 aliphatic carbocycles. The molecule has 0 saturated carbocycles. The van der Waals surface area contributed by atoms with Crippen LogP contribution in [0.5, 0.6) is 0 Å². The fourth-order valence-corrected chi connectivity index (χ4v) is 2.05. The van der Waals surface area contributed by atoms with E-state index in [1.807, 2.05) is 0 Å². The molecule has 0 fully saturated rings. The van der Waals surface area contributed by atoms with Crippen LogP contribution in [-0.2, 0) is 9.53 Å². The summed E-state index contributed by atoms with van der Waals surface area (Å²) in [4.78, 5) is 12.5. The summed E-state index contributed by atoms with van der Waals surface area (Å²) in [6.45, 7) is 0.0914. The summed E-state index contributed by atoms with van der Waals surface area (Å²) in [5.41, 5.74) is 0.0222. The van der Waals surface area contributed by atoms with E-state index in [2.05, 4.69) is 15.9 Å². The van der Waals surface area contributed by atoms with Gasteiger partial charge in [0.1, 0.15) is 0 Å². The zero-order chi connectivity index (χ0) is 15.3. The Bertz CT molecular complexity index is 448. The van der Waals surface area contributed by atoms with Gasteiger partial charge in [0.05, 0.1) is 13.0 Å². The van der Waals surface area contributed by atoms with E-state index in [9.17, 15) is 18.0 Å². The maximum Gasteiger partial charge on any atom is 0.413 e. The van der Waals surface area contributed by atoms with Gasteiger partial charge in [-0.05, 0) is 17.7 Å². The first-order valence-electron chi connectivity index (χ1n) is 5.84. The quantitative estimate of drug-likeness (QED) is 0.810. The van der Waals surface area contributed by atoms with E-state index in [0.29, 0.717) is 9.37 Å². The molecule has 0 bridgehead atoms. The van der Waals surface area contributed by atoms with Crippen LogP contribution >= 0.6 is 15.9 Å². The number of methoxy groups -OCH3 is 1. The highest BCUT2D eigenvalue weighted by Crippen LogP contribution is 2.37. The summed E-state index contributed by atoms with van der Waals surface area (Å²) in [6.07, 6.45) is -4.62. The highest BCUT2D eigenvalue weighted by molar-refractivity contribution is 9.10. The second kappa shape index (κ2) is 7.08. The van der Waals surface area contributed by atoms with Crippen molar-refractivity contribution in [1.29, 1.82) is 0 Å². The lowest BCUT2D eigenvalue weighted by atomic mass is 10.0. The number of halogens is 4. The number of alkyl halides is 3. The topological polar surface area (TPSA) is 29.5 Å². The van der Waals surface area contributed by atoms with Crippen molar-refractivity contribution in [3.05, 3.63) is 34.3 Å². The molecule has 3 nitrogen and oxygen atoms in total. The molecule has 0 aromatic heterocycles. The third kappa shape index (κ3) is 4.49. The first-order chi connectivity index (χ1) is 9.27. The van der Waals surface area contributed by atoms with Crippen molar-refractivity contribution < 1.29 is 22.7 Å². The summed E-state index contributed by atoms with van der Waals surface area (Å²) in [5.74, 6) is -0.614. The predicted octanol–water partition coefficient (Wildman–Crippen LogP) is 3.55. The monoisotopic (exact) mass is 353 g/mol. The van der Waals surface area contributed by atoms with Crippen LogP contribution in [0.3, 0.4) is 0 Å². The Morgan fingerprint density at radius 1 is 1.35 bits per heavy atom. The van der Waals surface area contributed by atoms with Crippen molar-refractivity contribution in [3.63, 3.8) is 0 Å². The Morgan fingerprint density at radius 3 is 2.35 bits per heavy atom. The molecule has 0 aliphatic heterocycles. The van der Waals surface area contributed by atoms with Crippen molar-refractivity contribution in [1.82, 2.24) is 4.90 Å². The third-order valence-electron chi connectivity index (χ3n) is 2.80. The summed E-state index contributed by atoms with van der Waals surface area (Å²) < 4.78 is 45.0. The Labute approximate surface area is 123 Å². The molecule has 0 saturated heterocycles. The van der Waals surface area contributed by atoms with E-state index in [0.717, 1.165) is 7.05 Å². The average Bonchev–Trinajstić information content (AvgIpc) is 2.36. The van der Waals surface area contributed by atoms with Crippen molar-refractivity contribution in [3.8, 4) is 0 Å². The van der Waals surface area contributed by atoms with Gasteiger partial charge in [-0.3, -0.25) is 4.79 Å². The fraction of sp³-hybridized carbons (Fsp3) is 0.462. The number of hydrogen-bond donors (Lipinski definition) is 0. The van der Waals surface area contributed by atoms with Gasteiger partial charge in [0.2, 0.25) is 5.91 Å². The maximum atomic E-state index is 13.2. The summed E-state index contributed by atoms with van der Waals surface area (Å²) in [7, 11) is 2.54. The van der Waals surface area contributed by atoms with Crippen LogP contribution in [0.25, 0.3) is 0 Å². The lowest BCUT2D eigenvalue weighted by molar-refractivity contribution is -0.189. The normalized spacial score (nSPS) is 13.1. The standard InChI is InChI=1S/C13H15BrF3NO2/c1-18(11(19)7-8-20-2)12(13(15,16)17)9-3-5-10(14)6-4-9/h3-6,12H,7-8H2,1-2H3. The smallest absolute Gasteiger partial charge is 0.384 e. The van der Waals surface area contributed by atoms with Crippen LogP contribution in [0.4, 0.5) is 13.2 Å². The first-order valence-corrected chi connectivity index (χ1v) is 6.63. The van der Waals surface area contributed by atoms with Gasteiger partial charge in [0.25, 0.3) is 0 Å². The Morgan fingerprint density at radius 2 is 1.90 bits per heavy atom. The number of ether oxygens (including phenoxy) is 1. The number of nitrogens with zero attached hydrogens (tertiary/aromatic N) is 1. The Kier molecular flexibility index (Phi) is 6.01. The molecule has 0 heterocycles. The van der Waals surface area contributed by atoms with E-state index in [1.165, 1.54) is 31.4 Å². The summed E-state index contributed by atoms with van der Waals surface area (Å²) in [5, 5.41) is 0. The van der Waals surface area contributed by atoms with Gasteiger partial charge in [-0.15, -0.1) is 0 Å². The Balaban J connectivity index is 3.01. The van der Waals surface area contributed by atoms with E-state index in [4.69, 9.17) is 4.74 Å². The summed E-state index contributed by atoms with van der Waals surface area (Å²) in [6, 6.07) is 3.77. The predicted molar refractivity (Wildman–Crippen MR) is 72.2 cm³/mol. The average molecular weight is 354 g/mol. The van der Waals surface area contributed by atoms with Gasteiger partial charge >= 0.3 is 6.18 Å². The van der Waals surface area contributed by atoms with Gasteiger partial charge in [0.15, 0.2) is 6.04 Å². The van der Waals surface area contributed by atoms with Crippen LogP contribution in [0, 0.1) is 0 Å². The van der Waals surface area contributed by atoms with Crippen molar-refractivity contribution >= 4 is 21.8 Å². The number of carbonyl (C=O) groups is 1. The van der Waals surface area contributed by atoms with Crippen molar-refractivity contribution in [2.75, 3.05) is 20.8 Å². The van der Waals surface area contributed by atoms with Crippen LogP contribution in [-0.4, -0.2) is 37.7 Å². The zero-order valence-electron chi connectivity index (χ0n) is 11.1. The van der Waals surface area contributed by atoms with E-state index >= 15 is 0 Å². The fourth-order valence-electron chi connectivity index (χ4n) is 1.79. The molecule has 1 aromatic carbocycles. The molecule has 7 heteroatoms. The van der Waals surface area contributed by atoms with Crippen molar-refractivity contribution in [2.45, 2.75) is 18.6 Å². The van der Waals surface area contributed by atoms with Crippen molar-refractivity contribution in [2.24, 2.45) is 0 Å². The highest BCUT2D eigenvalue weighted by atomic mass is 79.9. The molecule has 1 rings (SSSR count). The van der Waals surface area contributed by atoms with Crippen LogP contribution in [0.2, 0.25) is 0 Å². The van der Waals surface area contributed by atoms with Gasteiger partial charge in [-0.1, -0.05) is 28.1 Å². The largest absolute Gasteiger partial charge is 0.413 e. The molecule has 0 N–H and O–H groups in total. The second-order valence-corrected chi connectivity index (χ2v) is 5.16. The molecule has 1 atom stereocenters. The van der Waals surface area contributed by atoms with Gasteiger partial charge in [-0.2, -0.15) is 13.2 Å². The number of carbonyl (C=O) groups excluding carboxylic acids is 1. The lowest BCUT2D eigenvalue weighted by Crippen LogP contribution is -2.40. The molecule has 0 radical (unpaired) electrons. The maximum absolute atomic E-state index is 13.2. The Hall–Kier alpha value is -1.08. The van der Waals surface area contributed by atoms with Gasteiger partial charge < -0.3 is 9.64 Å². The SMILES string of the molecule is COCCC(=O)N(C)C(c1ccc(Br)cc1)C(F)(F)F. The lowest BCUT2D eigenvalue weighted by Gasteiger charge is -2.30. The minimum Gasteiger partial charge on any atom is -0.384 e. The molecule has 1 aromatic rings. The minimum absolute atomic E-state index is 0.0222. The van der Waals surface area contributed by atoms with Gasteiger partial charge in [-0.25, -0.2) is 0 Å². The molecule has 112 valence electrons. The number of amides is 1. The number of benzene rings is 1. The molecular weight excluding hydrogens is 339 g/mol. The second-order valence-electron chi connectivity index (χ2n) is 4.24. The van der Waals surface area contributed by atoms with Crippen LogP contribution < -0.4 is 0 Å². The zero-order valence-corrected chi connectivity index (χ0v) is 12.7. The van der Waals surface area contributed by atoms with E-state index in [1.54, 1.807) is 0 Å². The van der Waals surface area contributed by atoms with E-state index in [-0.39, 0.29) is 18.6 Å². The van der Waals surface area contributed by atoms with Crippen LogP contribution in [0.15, 0.2) is 28.7 Å². The third-order valence-corrected chi connectivity index (χ3v) is 3.33. The molecule has 20 heavy (non-hydrogen) atoms.